The van der Waals surface area contributed by atoms with Crippen molar-refractivity contribution >= 4 is 11.3 Å². The van der Waals surface area contributed by atoms with Crippen LogP contribution in [0.1, 0.15) is 24.2 Å². The van der Waals surface area contributed by atoms with Crippen molar-refractivity contribution in [2.24, 2.45) is 0 Å². The van der Waals surface area contributed by atoms with E-state index in [0.29, 0.717) is 6.04 Å². The zero-order chi connectivity index (χ0) is 13.8. The van der Waals surface area contributed by atoms with Crippen molar-refractivity contribution < 1.29 is 0 Å². The summed E-state index contributed by atoms with van der Waals surface area (Å²) in [6, 6.07) is 15.0. The molecule has 0 saturated carbocycles. The number of nitrogens with one attached hydrogen (secondary N) is 1. The number of nitrogens with zero attached hydrogens (tertiary/aromatic N) is 2. The van der Waals surface area contributed by atoms with Crippen molar-refractivity contribution in [2.45, 2.75) is 19.5 Å². The van der Waals surface area contributed by atoms with E-state index in [1.54, 1.807) is 11.3 Å². The average Bonchev–Trinajstić information content (AvgIpc) is 3.16. The van der Waals surface area contributed by atoms with Crippen molar-refractivity contribution in [3.63, 3.8) is 0 Å². The van der Waals surface area contributed by atoms with Crippen molar-refractivity contribution in [2.75, 3.05) is 0 Å². The first-order chi connectivity index (χ1) is 9.84. The molecule has 0 fully saturated rings. The molecule has 0 aliphatic carbocycles. The molecule has 0 saturated heterocycles. The molecule has 0 aliphatic rings. The minimum Gasteiger partial charge on any atom is -0.305 e. The maximum atomic E-state index is 4.36. The van der Waals surface area contributed by atoms with Gasteiger partial charge in [0.1, 0.15) is 0 Å². The molecule has 0 bridgehead atoms. The molecule has 2 aromatic heterocycles. The molecule has 3 aromatic rings. The molecular weight excluding hydrogens is 266 g/mol. The van der Waals surface area contributed by atoms with Crippen LogP contribution in [0.4, 0.5) is 0 Å². The fourth-order valence-corrected chi connectivity index (χ4v) is 2.86. The van der Waals surface area contributed by atoms with Gasteiger partial charge in [-0.3, -0.25) is 4.57 Å². The highest BCUT2D eigenvalue weighted by Gasteiger charge is 2.08. The van der Waals surface area contributed by atoms with Crippen LogP contribution in [0.3, 0.4) is 0 Å². The standard InChI is InChI=1S/C16H17N3S/c1-13(14-6-3-2-4-7-14)18-12-15-8-5-10-19(15)16-17-9-11-20-16/h2-11,13,18H,12H2,1H3. The Morgan fingerprint density at radius 2 is 2.05 bits per heavy atom. The van der Waals surface area contributed by atoms with E-state index in [2.05, 4.69) is 64.4 Å². The van der Waals surface area contributed by atoms with Crippen molar-refractivity contribution in [3.05, 3.63) is 71.5 Å². The average molecular weight is 283 g/mol. The zero-order valence-electron chi connectivity index (χ0n) is 11.4. The van der Waals surface area contributed by atoms with E-state index in [0.717, 1.165) is 11.7 Å². The van der Waals surface area contributed by atoms with Crippen LogP contribution in [-0.2, 0) is 6.54 Å². The zero-order valence-corrected chi connectivity index (χ0v) is 12.2. The highest BCUT2D eigenvalue weighted by molar-refractivity contribution is 7.12. The molecular formula is C16H17N3S. The van der Waals surface area contributed by atoms with Gasteiger partial charge in [-0.25, -0.2) is 4.98 Å². The normalized spacial score (nSPS) is 12.4. The second kappa shape index (κ2) is 6.03. The minimum atomic E-state index is 0.329. The van der Waals surface area contributed by atoms with Gasteiger partial charge in [0.05, 0.1) is 0 Å². The molecule has 3 rings (SSSR count). The largest absolute Gasteiger partial charge is 0.305 e. The fourth-order valence-electron chi connectivity index (χ4n) is 2.20. The number of hydrogen-bond acceptors (Lipinski definition) is 3. The van der Waals surface area contributed by atoms with Gasteiger partial charge in [0, 0.05) is 36.1 Å². The Kier molecular flexibility index (Phi) is 3.95. The summed E-state index contributed by atoms with van der Waals surface area (Å²) in [5, 5.41) is 6.57. The van der Waals surface area contributed by atoms with Crippen LogP contribution in [0.15, 0.2) is 60.2 Å². The molecule has 3 nitrogen and oxygen atoms in total. The van der Waals surface area contributed by atoms with Gasteiger partial charge in [-0.05, 0) is 24.6 Å². The Morgan fingerprint density at radius 3 is 2.80 bits per heavy atom. The van der Waals surface area contributed by atoms with Gasteiger partial charge >= 0.3 is 0 Å². The van der Waals surface area contributed by atoms with E-state index in [9.17, 15) is 0 Å². The van der Waals surface area contributed by atoms with E-state index < -0.39 is 0 Å². The Morgan fingerprint density at radius 1 is 1.20 bits per heavy atom. The number of aromatic nitrogens is 2. The summed E-state index contributed by atoms with van der Waals surface area (Å²) >= 11 is 1.65. The summed E-state index contributed by atoms with van der Waals surface area (Å²) < 4.78 is 2.13. The van der Waals surface area contributed by atoms with E-state index in [1.165, 1.54) is 11.3 Å². The van der Waals surface area contributed by atoms with Crippen LogP contribution < -0.4 is 5.32 Å². The minimum absolute atomic E-state index is 0.329. The highest BCUT2D eigenvalue weighted by atomic mass is 32.1. The number of hydrogen-bond donors (Lipinski definition) is 1. The maximum Gasteiger partial charge on any atom is 0.193 e. The van der Waals surface area contributed by atoms with Crippen LogP contribution in [-0.4, -0.2) is 9.55 Å². The molecule has 1 atom stereocenters. The molecule has 20 heavy (non-hydrogen) atoms. The third-order valence-electron chi connectivity index (χ3n) is 3.35. The summed E-state index contributed by atoms with van der Waals surface area (Å²) in [7, 11) is 0. The number of benzene rings is 1. The second-order valence-corrected chi connectivity index (χ2v) is 5.57. The first-order valence-electron chi connectivity index (χ1n) is 6.69. The first-order valence-corrected chi connectivity index (χ1v) is 7.57. The lowest BCUT2D eigenvalue weighted by Gasteiger charge is -2.15. The monoisotopic (exact) mass is 283 g/mol. The lowest BCUT2D eigenvalue weighted by molar-refractivity contribution is 0.563. The second-order valence-electron chi connectivity index (χ2n) is 4.70. The number of thiazole rings is 1. The van der Waals surface area contributed by atoms with Gasteiger partial charge in [0.15, 0.2) is 5.13 Å². The van der Waals surface area contributed by atoms with Gasteiger partial charge in [-0.15, -0.1) is 11.3 Å². The SMILES string of the molecule is CC(NCc1cccn1-c1nccs1)c1ccccc1. The van der Waals surface area contributed by atoms with Gasteiger partial charge in [0.25, 0.3) is 0 Å². The van der Waals surface area contributed by atoms with Crippen LogP contribution >= 0.6 is 11.3 Å². The smallest absolute Gasteiger partial charge is 0.193 e. The van der Waals surface area contributed by atoms with E-state index in [4.69, 9.17) is 0 Å². The van der Waals surface area contributed by atoms with Crippen molar-refractivity contribution in [3.8, 4) is 5.13 Å². The Labute approximate surface area is 122 Å². The Bertz CT molecular complexity index is 643. The highest BCUT2D eigenvalue weighted by Crippen LogP contribution is 2.17. The molecule has 0 amide bonds. The van der Waals surface area contributed by atoms with Crippen LogP contribution in [0.25, 0.3) is 5.13 Å². The third kappa shape index (κ3) is 2.81. The molecule has 0 radical (unpaired) electrons. The molecule has 1 unspecified atom stereocenters. The summed E-state index contributed by atoms with van der Waals surface area (Å²) in [5.41, 5.74) is 2.53. The lowest BCUT2D eigenvalue weighted by atomic mass is 10.1. The van der Waals surface area contributed by atoms with E-state index >= 15 is 0 Å². The van der Waals surface area contributed by atoms with E-state index in [-0.39, 0.29) is 0 Å². The van der Waals surface area contributed by atoms with Crippen LogP contribution in [0.2, 0.25) is 0 Å². The predicted molar refractivity (Wildman–Crippen MR) is 83.1 cm³/mol. The van der Waals surface area contributed by atoms with Crippen LogP contribution in [0, 0.1) is 0 Å². The molecule has 102 valence electrons. The molecule has 0 aliphatic heterocycles. The third-order valence-corrected chi connectivity index (χ3v) is 4.12. The Hall–Kier alpha value is -1.91. The van der Waals surface area contributed by atoms with Gasteiger partial charge < -0.3 is 5.32 Å². The molecule has 1 N–H and O–H groups in total. The molecule has 4 heteroatoms. The van der Waals surface area contributed by atoms with Gasteiger partial charge in [-0.1, -0.05) is 30.3 Å². The van der Waals surface area contributed by atoms with Gasteiger partial charge in [0.2, 0.25) is 0 Å². The van der Waals surface area contributed by atoms with Crippen molar-refractivity contribution in [1.82, 2.24) is 14.9 Å². The summed E-state index contributed by atoms with van der Waals surface area (Å²) in [6.07, 6.45) is 3.90. The maximum absolute atomic E-state index is 4.36. The predicted octanol–water partition coefficient (Wildman–Crippen LogP) is 3.78. The van der Waals surface area contributed by atoms with Gasteiger partial charge in [-0.2, -0.15) is 0 Å². The lowest BCUT2D eigenvalue weighted by Crippen LogP contribution is -2.19. The Balaban J connectivity index is 1.69. The summed E-state index contributed by atoms with van der Waals surface area (Å²) in [5.74, 6) is 0. The quantitative estimate of drug-likeness (QED) is 0.772. The first kappa shape index (κ1) is 13.1. The number of rotatable bonds is 5. The molecule has 2 heterocycles. The fraction of sp³-hybridized carbons (Fsp3) is 0.188. The summed E-state index contributed by atoms with van der Waals surface area (Å²) in [6.45, 7) is 3.01. The topological polar surface area (TPSA) is 29.9 Å². The van der Waals surface area contributed by atoms with E-state index in [1.807, 2.05) is 17.6 Å². The summed E-state index contributed by atoms with van der Waals surface area (Å²) in [4.78, 5) is 4.36. The molecule has 1 aromatic carbocycles. The molecule has 0 spiro atoms. The van der Waals surface area contributed by atoms with Crippen LogP contribution in [0.5, 0.6) is 0 Å². The van der Waals surface area contributed by atoms with Crippen molar-refractivity contribution in [1.29, 1.82) is 0 Å².